The number of nitrogens with one attached hydrogen (secondary N) is 2. The molecule has 1 amide bonds. The molecule has 3 N–H and O–H groups in total. The third-order valence-corrected chi connectivity index (χ3v) is 8.06. The lowest BCUT2D eigenvalue weighted by molar-refractivity contribution is -0.143. The summed E-state index contributed by atoms with van der Waals surface area (Å²) in [6.45, 7) is 3.39. The highest BCUT2D eigenvalue weighted by atomic mass is 35.5. The van der Waals surface area contributed by atoms with Gasteiger partial charge in [-0.1, -0.05) is 85.6 Å². The number of ether oxygens (including phenoxy) is 2. The zero-order chi connectivity index (χ0) is 31.1. The van der Waals surface area contributed by atoms with E-state index < -0.39 is 54.5 Å². The largest absolute Gasteiger partial charge is 0.481 e. The Bertz CT molecular complexity index is 1480. The second-order valence-electron chi connectivity index (χ2n) is 10.8. The first kappa shape index (κ1) is 32.4. The average molecular weight is 630 g/mol. The summed E-state index contributed by atoms with van der Waals surface area (Å²) in [5, 5.41) is 17.6. The molecular weight excluding hydrogens is 595 g/mol. The van der Waals surface area contributed by atoms with Gasteiger partial charge in [0.2, 0.25) is 5.91 Å². The number of carboxylic acids is 1. The Morgan fingerprint density at radius 2 is 1.65 bits per heavy atom. The number of ketones is 1. The van der Waals surface area contributed by atoms with Gasteiger partial charge in [-0.2, -0.15) is 0 Å². The molecule has 3 aromatic rings. The van der Waals surface area contributed by atoms with E-state index in [0.717, 1.165) is 29.2 Å². The van der Waals surface area contributed by atoms with Crippen LogP contribution in [0.2, 0.25) is 10.0 Å². The van der Waals surface area contributed by atoms with Gasteiger partial charge in [0.15, 0.2) is 12.4 Å². The first-order chi connectivity index (χ1) is 20.5. The normalized spacial score (nSPS) is 18.2. The number of amides is 1. The molecule has 3 atom stereocenters. The Kier molecular flexibility index (Phi) is 10.8. The average Bonchev–Trinajstić information content (AvgIpc) is 2.98. The van der Waals surface area contributed by atoms with Crippen LogP contribution < -0.4 is 10.6 Å². The molecule has 0 radical (unpaired) electrons. The highest BCUT2D eigenvalue weighted by Gasteiger charge is 2.41. The summed E-state index contributed by atoms with van der Waals surface area (Å²) < 4.78 is 11.5. The lowest BCUT2D eigenvalue weighted by Crippen LogP contribution is -2.60. The molecule has 1 aliphatic heterocycles. The Balaban J connectivity index is 1.55. The van der Waals surface area contributed by atoms with Gasteiger partial charge in [-0.3, -0.25) is 19.7 Å². The minimum Gasteiger partial charge on any atom is -0.481 e. The van der Waals surface area contributed by atoms with Gasteiger partial charge in [-0.15, -0.1) is 0 Å². The number of Topliss-reactive ketones (excluding diaryl/α,β-unsaturated/α-hetero) is 1. The second-order valence-corrected chi connectivity index (χ2v) is 11.6. The number of carbonyl (C=O) groups is 4. The molecule has 43 heavy (non-hydrogen) atoms. The number of esters is 1. The molecule has 1 heterocycles. The summed E-state index contributed by atoms with van der Waals surface area (Å²) in [4.78, 5) is 51.0. The topological polar surface area (TPSA) is 131 Å². The molecule has 1 fully saturated rings. The number of benzene rings is 3. The molecular formula is C32H34Cl2N2O7. The maximum atomic E-state index is 13.7. The number of hydrogen-bond donors (Lipinski definition) is 3. The summed E-state index contributed by atoms with van der Waals surface area (Å²) in [5.74, 6) is -3.90. The summed E-state index contributed by atoms with van der Waals surface area (Å²) >= 11 is 12.1. The molecule has 1 unspecified atom stereocenters. The molecule has 1 aliphatic rings. The van der Waals surface area contributed by atoms with Gasteiger partial charge in [0.25, 0.3) is 0 Å². The number of fused-ring (bicyclic) bond motifs is 1. The van der Waals surface area contributed by atoms with E-state index in [0.29, 0.717) is 13.0 Å². The van der Waals surface area contributed by atoms with Crippen molar-refractivity contribution in [3.05, 3.63) is 81.8 Å². The van der Waals surface area contributed by atoms with E-state index in [1.807, 2.05) is 56.3 Å². The third kappa shape index (κ3) is 7.72. The maximum absolute atomic E-state index is 13.7. The zero-order valence-corrected chi connectivity index (χ0v) is 25.4. The fourth-order valence-corrected chi connectivity index (χ4v) is 5.80. The van der Waals surface area contributed by atoms with Crippen LogP contribution in [0.1, 0.15) is 55.5 Å². The Morgan fingerprint density at radius 1 is 0.977 bits per heavy atom. The van der Waals surface area contributed by atoms with Crippen molar-refractivity contribution in [2.45, 2.75) is 57.3 Å². The first-order valence-electron chi connectivity index (χ1n) is 14.1. The van der Waals surface area contributed by atoms with Gasteiger partial charge in [-0.05, 0) is 48.1 Å². The van der Waals surface area contributed by atoms with Crippen LogP contribution in [0.25, 0.3) is 10.8 Å². The summed E-state index contributed by atoms with van der Waals surface area (Å²) in [7, 11) is 0. The summed E-state index contributed by atoms with van der Waals surface area (Å²) in [6, 6.07) is 16.0. The molecule has 1 saturated heterocycles. The van der Waals surface area contributed by atoms with E-state index in [9.17, 15) is 24.3 Å². The smallest absolute Gasteiger partial charge is 0.341 e. The Labute approximate surface area is 259 Å². The highest BCUT2D eigenvalue weighted by molar-refractivity contribution is 6.39. The van der Waals surface area contributed by atoms with Crippen molar-refractivity contribution in [1.29, 1.82) is 0 Å². The van der Waals surface area contributed by atoms with Crippen LogP contribution in [0, 0.1) is 5.92 Å². The molecule has 0 spiro atoms. The van der Waals surface area contributed by atoms with Crippen molar-refractivity contribution in [2.75, 3.05) is 13.2 Å². The number of carboxylic acid groups (broad SMARTS) is 1. The van der Waals surface area contributed by atoms with Crippen molar-refractivity contribution in [3.63, 3.8) is 0 Å². The van der Waals surface area contributed by atoms with Crippen LogP contribution in [-0.2, 0) is 29.6 Å². The Hall–Kier alpha value is -3.50. The van der Waals surface area contributed by atoms with Gasteiger partial charge in [0.05, 0.1) is 28.1 Å². The van der Waals surface area contributed by atoms with E-state index in [2.05, 4.69) is 10.6 Å². The van der Waals surface area contributed by atoms with E-state index >= 15 is 0 Å². The van der Waals surface area contributed by atoms with Crippen LogP contribution >= 0.6 is 23.2 Å². The van der Waals surface area contributed by atoms with Crippen molar-refractivity contribution >= 4 is 57.6 Å². The standard InChI is InChI=1S/C32H34Cl2N2O7/c1-19(2)29(36-32(15-5-6-16-43-32)22-12-7-10-20-9-3-4-11-21(20)22)30(40)35-25(17-27(38)39)26(37)18-42-31(41)28-23(33)13-8-14-24(28)34/h3-4,7-14,19,25,29,36H,5-6,15-18H2,1-2H3,(H,35,40)(H,38,39)/t25-,29-,32?/m0/s1. The number of hydrogen-bond acceptors (Lipinski definition) is 7. The molecule has 0 aliphatic carbocycles. The molecule has 0 aromatic heterocycles. The summed E-state index contributed by atoms with van der Waals surface area (Å²) in [6.07, 6.45) is 1.64. The van der Waals surface area contributed by atoms with Crippen LogP contribution in [0.4, 0.5) is 0 Å². The number of halogens is 2. The van der Waals surface area contributed by atoms with Crippen molar-refractivity contribution < 1.29 is 33.8 Å². The molecule has 9 nitrogen and oxygen atoms in total. The van der Waals surface area contributed by atoms with Gasteiger partial charge in [0, 0.05) is 12.2 Å². The minimum atomic E-state index is -1.46. The van der Waals surface area contributed by atoms with Crippen molar-refractivity contribution in [2.24, 2.45) is 5.92 Å². The van der Waals surface area contributed by atoms with Crippen molar-refractivity contribution in [3.8, 4) is 0 Å². The van der Waals surface area contributed by atoms with Gasteiger partial charge >= 0.3 is 11.9 Å². The van der Waals surface area contributed by atoms with Crippen LogP contribution in [0.15, 0.2) is 60.7 Å². The number of rotatable bonds is 12. The zero-order valence-electron chi connectivity index (χ0n) is 23.9. The number of carbonyl (C=O) groups excluding carboxylic acids is 3. The third-order valence-electron chi connectivity index (χ3n) is 7.43. The second kappa shape index (κ2) is 14.3. The van der Waals surface area contributed by atoms with Gasteiger partial charge < -0.3 is 19.9 Å². The van der Waals surface area contributed by atoms with Crippen LogP contribution in [-0.4, -0.2) is 54.0 Å². The van der Waals surface area contributed by atoms with E-state index in [1.54, 1.807) is 6.07 Å². The van der Waals surface area contributed by atoms with Gasteiger partial charge in [-0.25, -0.2) is 4.79 Å². The fraction of sp³-hybridized carbons (Fsp3) is 0.375. The fourth-order valence-electron chi connectivity index (χ4n) is 5.25. The highest BCUT2D eigenvalue weighted by Crippen LogP contribution is 2.38. The molecule has 228 valence electrons. The van der Waals surface area contributed by atoms with E-state index in [4.69, 9.17) is 32.7 Å². The predicted octanol–water partition coefficient (Wildman–Crippen LogP) is 5.50. The monoisotopic (exact) mass is 628 g/mol. The lowest BCUT2D eigenvalue weighted by Gasteiger charge is -2.42. The van der Waals surface area contributed by atoms with Gasteiger partial charge in [0.1, 0.15) is 11.8 Å². The molecule has 0 bridgehead atoms. The molecule has 3 aromatic carbocycles. The quantitative estimate of drug-likeness (QED) is 0.224. The van der Waals surface area contributed by atoms with Crippen LogP contribution in [0.5, 0.6) is 0 Å². The first-order valence-corrected chi connectivity index (χ1v) is 14.8. The molecule has 11 heteroatoms. The molecule has 0 saturated carbocycles. The van der Waals surface area contributed by atoms with Crippen LogP contribution in [0.3, 0.4) is 0 Å². The predicted molar refractivity (Wildman–Crippen MR) is 163 cm³/mol. The lowest BCUT2D eigenvalue weighted by atomic mass is 9.88. The SMILES string of the molecule is CC(C)[C@H](NC1(c2cccc3ccccc23)CCCCO1)C(=O)N[C@@H](CC(=O)O)C(=O)COC(=O)c1c(Cl)cccc1Cl. The minimum absolute atomic E-state index is 0.0382. The summed E-state index contributed by atoms with van der Waals surface area (Å²) in [5.41, 5.74) is -0.207. The van der Waals surface area contributed by atoms with E-state index in [1.165, 1.54) is 12.1 Å². The maximum Gasteiger partial charge on any atom is 0.341 e. The Morgan fingerprint density at radius 3 is 2.30 bits per heavy atom. The number of aliphatic carboxylic acids is 1. The van der Waals surface area contributed by atoms with E-state index in [-0.39, 0.29) is 21.5 Å². The molecule has 4 rings (SSSR count). The van der Waals surface area contributed by atoms with Crippen molar-refractivity contribution in [1.82, 2.24) is 10.6 Å².